The largest absolute Gasteiger partial charge is 0.475 e. The Morgan fingerprint density at radius 2 is 1.84 bits per heavy atom. The zero-order valence-corrected chi connectivity index (χ0v) is 18.5. The minimum atomic E-state index is -3.62. The number of hydrogen-bond acceptors (Lipinski definition) is 6. The van der Waals surface area contributed by atoms with Crippen molar-refractivity contribution in [3.63, 3.8) is 0 Å². The van der Waals surface area contributed by atoms with Crippen molar-refractivity contribution in [1.29, 1.82) is 0 Å². The number of nitrogens with one attached hydrogen (secondary N) is 1. The predicted octanol–water partition coefficient (Wildman–Crippen LogP) is 3.42. The maximum absolute atomic E-state index is 12.5. The van der Waals surface area contributed by atoms with Gasteiger partial charge in [-0.05, 0) is 55.3 Å². The molecule has 160 valence electrons. The van der Waals surface area contributed by atoms with Crippen molar-refractivity contribution in [2.75, 3.05) is 13.2 Å². The van der Waals surface area contributed by atoms with Crippen molar-refractivity contribution in [3.05, 3.63) is 70.7 Å². The van der Waals surface area contributed by atoms with Gasteiger partial charge in [-0.2, -0.15) is 4.52 Å². The van der Waals surface area contributed by atoms with Gasteiger partial charge in [0.05, 0.1) is 9.92 Å². The highest BCUT2D eigenvalue weighted by atomic mass is 35.5. The van der Waals surface area contributed by atoms with E-state index in [4.69, 9.17) is 16.3 Å². The van der Waals surface area contributed by atoms with E-state index in [1.807, 2.05) is 32.0 Å². The third kappa shape index (κ3) is 4.53. The molecular weight excluding hydrogens is 438 g/mol. The molecule has 1 N–H and O–H groups in total. The van der Waals surface area contributed by atoms with Crippen LogP contribution < -0.4 is 9.46 Å². The number of hydrogen-bond donors (Lipinski definition) is 1. The summed E-state index contributed by atoms with van der Waals surface area (Å²) in [6.07, 6.45) is 0. The Morgan fingerprint density at radius 3 is 2.61 bits per heavy atom. The number of benzene rings is 2. The average molecular weight is 458 g/mol. The third-order valence-corrected chi connectivity index (χ3v) is 6.57. The van der Waals surface area contributed by atoms with Gasteiger partial charge in [0.2, 0.25) is 15.9 Å². The van der Waals surface area contributed by atoms with E-state index >= 15 is 0 Å². The first-order chi connectivity index (χ1) is 14.8. The first kappa shape index (κ1) is 21.2. The molecule has 0 aliphatic rings. The van der Waals surface area contributed by atoms with E-state index in [1.165, 1.54) is 4.52 Å². The molecule has 2 aromatic carbocycles. The van der Waals surface area contributed by atoms with Gasteiger partial charge in [0.25, 0.3) is 0 Å². The summed E-state index contributed by atoms with van der Waals surface area (Å²) in [6.45, 7) is 4.01. The van der Waals surface area contributed by atoms with Crippen LogP contribution in [0.1, 0.15) is 11.1 Å². The highest BCUT2D eigenvalue weighted by Crippen LogP contribution is 2.26. The summed E-state index contributed by atoms with van der Waals surface area (Å²) in [5.41, 5.74) is 3.19. The molecule has 0 saturated carbocycles. The zero-order chi connectivity index (χ0) is 22.0. The van der Waals surface area contributed by atoms with Crippen LogP contribution in [-0.2, 0) is 10.0 Å². The number of sulfonamides is 1. The maximum atomic E-state index is 12.5. The van der Waals surface area contributed by atoms with Crippen molar-refractivity contribution in [2.45, 2.75) is 18.7 Å². The summed E-state index contributed by atoms with van der Waals surface area (Å²) in [7, 11) is -3.62. The minimum Gasteiger partial charge on any atom is -0.475 e. The summed E-state index contributed by atoms with van der Waals surface area (Å²) in [6, 6.07) is 15.7. The molecule has 0 aliphatic heterocycles. The number of fused-ring (bicyclic) bond motifs is 1. The van der Waals surface area contributed by atoms with E-state index in [1.54, 1.807) is 36.4 Å². The van der Waals surface area contributed by atoms with Crippen molar-refractivity contribution < 1.29 is 13.2 Å². The molecular formula is C21H20ClN5O3S. The van der Waals surface area contributed by atoms with Gasteiger partial charge in [0.15, 0.2) is 11.5 Å². The Kier molecular flexibility index (Phi) is 5.90. The fraction of sp³-hybridized carbons (Fsp3) is 0.190. The van der Waals surface area contributed by atoms with Crippen LogP contribution in [0, 0.1) is 13.8 Å². The van der Waals surface area contributed by atoms with Gasteiger partial charge in [0.1, 0.15) is 6.61 Å². The molecule has 0 spiro atoms. The van der Waals surface area contributed by atoms with Gasteiger partial charge in [0, 0.05) is 18.2 Å². The Labute approximate surface area is 184 Å². The van der Waals surface area contributed by atoms with E-state index in [0.29, 0.717) is 27.9 Å². The molecule has 0 atom stereocenters. The standard InChI is InChI=1S/C21H20ClN5O3S/c1-14-7-8-16(13-15(14)2)31(28,29)23-11-12-30-20-10-9-19-24-25-21(27(19)26-20)17-5-3-4-6-18(17)22/h3-10,13,23H,11-12H2,1-2H3. The number of ether oxygens (including phenoxy) is 1. The first-order valence-corrected chi connectivity index (χ1v) is 11.4. The minimum absolute atomic E-state index is 0.0918. The number of aryl methyl sites for hydroxylation is 2. The number of aromatic nitrogens is 4. The van der Waals surface area contributed by atoms with Crippen molar-refractivity contribution >= 4 is 27.3 Å². The number of rotatable bonds is 7. The molecule has 4 aromatic rings. The van der Waals surface area contributed by atoms with Crippen LogP contribution in [0.3, 0.4) is 0 Å². The third-order valence-electron chi connectivity index (χ3n) is 4.79. The molecule has 4 rings (SSSR count). The van der Waals surface area contributed by atoms with Crippen LogP contribution in [0.4, 0.5) is 0 Å². The molecule has 31 heavy (non-hydrogen) atoms. The van der Waals surface area contributed by atoms with Crippen LogP contribution in [0.5, 0.6) is 5.88 Å². The molecule has 0 amide bonds. The van der Waals surface area contributed by atoms with Crippen molar-refractivity contribution in [2.24, 2.45) is 0 Å². The van der Waals surface area contributed by atoms with E-state index in [2.05, 4.69) is 20.0 Å². The normalized spacial score (nSPS) is 11.7. The van der Waals surface area contributed by atoms with Crippen LogP contribution in [0.15, 0.2) is 59.5 Å². The van der Waals surface area contributed by atoms with E-state index < -0.39 is 10.0 Å². The monoisotopic (exact) mass is 457 g/mol. The Bertz CT molecular complexity index is 1350. The lowest BCUT2D eigenvalue weighted by Gasteiger charge is -2.10. The lowest BCUT2D eigenvalue weighted by molar-refractivity contribution is 0.306. The SMILES string of the molecule is Cc1ccc(S(=O)(=O)NCCOc2ccc3nnc(-c4ccccc4Cl)n3n2)cc1C. The highest BCUT2D eigenvalue weighted by Gasteiger charge is 2.15. The summed E-state index contributed by atoms with van der Waals surface area (Å²) in [5, 5.41) is 13.2. The smallest absolute Gasteiger partial charge is 0.240 e. The van der Waals surface area contributed by atoms with Crippen molar-refractivity contribution in [1.82, 2.24) is 24.5 Å². The Balaban J connectivity index is 1.44. The van der Waals surface area contributed by atoms with Crippen molar-refractivity contribution in [3.8, 4) is 17.3 Å². The summed E-state index contributed by atoms with van der Waals surface area (Å²) in [4.78, 5) is 0.226. The zero-order valence-electron chi connectivity index (χ0n) is 16.9. The second kappa shape index (κ2) is 8.62. The molecule has 0 saturated heterocycles. The van der Waals surface area contributed by atoms with E-state index in [0.717, 1.165) is 11.1 Å². The highest BCUT2D eigenvalue weighted by molar-refractivity contribution is 7.89. The second-order valence-electron chi connectivity index (χ2n) is 6.94. The molecule has 8 nitrogen and oxygen atoms in total. The molecule has 0 aliphatic carbocycles. The lowest BCUT2D eigenvalue weighted by Crippen LogP contribution is -2.28. The lowest BCUT2D eigenvalue weighted by atomic mass is 10.1. The topological polar surface area (TPSA) is 98.5 Å². The molecule has 2 heterocycles. The van der Waals surface area contributed by atoms with Crippen LogP contribution in [-0.4, -0.2) is 41.4 Å². The van der Waals surface area contributed by atoms with E-state index in [-0.39, 0.29) is 18.0 Å². The number of halogens is 1. The van der Waals surface area contributed by atoms with Crippen LogP contribution in [0.25, 0.3) is 17.0 Å². The second-order valence-corrected chi connectivity index (χ2v) is 9.11. The molecule has 0 bridgehead atoms. The first-order valence-electron chi connectivity index (χ1n) is 9.52. The van der Waals surface area contributed by atoms with Crippen LogP contribution >= 0.6 is 11.6 Å². The van der Waals surface area contributed by atoms with Gasteiger partial charge in [-0.25, -0.2) is 13.1 Å². The predicted molar refractivity (Wildman–Crippen MR) is 118 cm³/mol. The molecule has 0 unspecified atom stereocenters. The maximum Gasteiger partial charge on any atom is 0.240 e. The summed E-state index contributed by atoms with van der Waals surface area (Å²) in [5.74, 6) is 0.799. The Morgan fingerprint density at radius 1 is 1.03 bits per heavy atom. The Hall–Kier alpha value is -3.01. The van der Waals surface area contributed by atoms with Crippen LogP contribution in [0.2, 0.25) is 5.02 Å². The molecule has 0 fully saturated rings. The fourth-order valence-corrected chi connectivity index (χ4v) is 4.27. The molecule has 0 radical (unpaired) electrons. The number of nitrogens with zero attached hydrogens (tertiary/aromatic N) is 4. The fourth-order valence-electron chi connectivity index (χ4n) is 2.96. The van der Waals surface area contributed by atoms with Gasteiger partial charge in [-0.1, -0.05) is 29.8 Å². The van der Waals surface area contributed by atoms with Gasteiger partial charge in [-0.15, -0.1) is 15.3 Å². The van der Waals surface area contributed by atoms with Gasteiger partial charge >= 0.3 is 0 Å². The van der Waals surface area contributed by atoms with E-state index in [9.17, 15) is 8.42 Å². The quantitative estimate of drug-likeness (QED) is 0.427. The molecule has 2 aromatic heterocycles. The summed E-state index contributed by atoms with van der Waals surface area (Å²) >= 11 is 6.26. The summed E-state index contributed by atoms with van der Waals surface area (Å²) < 4.78 is 34.6. The van der Waals surface area contributed by atoms with Gasteiger partial charge < -0.3 is 4.74 Å². The average Bonchev–Trinajstić information content (AvgIpc) is 3.16. The molecule has 10 heteroatoms. The van der Waals surface area contributed by atoms with Gasteiger partial charge in [-0.3, -0.25) is 0 Å².